The Hall–Kier alpha value is -3.65. The van der Waals surface area contributed by atoms with Gasteiger partial charge in [0.1, 0.15) is 5.75 Å². The number of methoxy groups -OCH3 is 1. The fourth-order valence-corrected chi connectivity index (χ4v) is 4.39. The maximum Gasteiger partial charge on any atom is 0.242 e. The molecule has 0 N–H and O–H groups in total. The molecule has 0 radical (unpaired) electrons. The molecule has 1 atom stereocenters. The van der Waals surface area contributed by atoms with E-state index >= 15 is 0 Å². The Morgan fingerprint density at radius 1 is 1.03 bits per heavy atom. The van der Waals surface area contributed by atoms with Crippen LogP contribution < -0.4 is 4.74 Å². The van der Waals surface area contributed by atoms with E-state index in [0.29, 0.717) is 39.1 Å². The third-order valence-corrected chi connectivity index (χ3v) is 6.40. The fourth-order valence-electron chi connectivity index (χ4n) is 4.39. The molecule has 1 aliphatic rings. The first-order chi connectivity index (χ1) is 17.5. The average Bonchev–Trinajstić information content (AvgIpc) is 3.25. The number of aryl methyl sites for hydroxylation is 2. The number of carbonyl (C=O) groups excluding carboxylic acids is 2. The van der Waals surface area contributed by atoms with Gasteiger partial charge in [-0.1, -0.05) is 42.5 Å². The number of aromatic nitrogens is 2. The van der Waals surface area contributed by atoms with Gasteiger partial charge in [0.05, 0.1) is 32.6 Å². The number of amides is 2. The summed E-state index contributed by atoms with van der Waals surface area (Å²) in [5.74, 6) is 0.670. The van der Waals surface area contributed by atoms with Crippen LogP contribution in [-0.2, 0) is 40.8 Å². The predicted octanol–water partition coefficient (Wildman–Crippen LogP) is 2.86. The summed E-state index contributed by atoms with van der Waals surface area (Å²) in [6.07, 6.45) is 5.05. The maximum atomic E-state index is 13.2. The molecule has 8 nitrogen and oxygen atoms in total. The van der Waals surface area contributed by atoms with Gasteiger partial charge in [0.2, 0.25) is 11.8 Å². The minimum absolute atomic E-state index is 0.0480. The Balaban J connectivity index is 1.43. The molecule has 190 valence electrons. The maximum absolute atomic E-state index is 13.2. The van der Waals surface area contributed by atoms with Crippen molar-refractivity contribution in [2.45, 2.75) is 32.0 Å². The molecule has 0 spiro atoms. The molecule has 2 aromatic carbocycles. The lowest BCUT2D eigenvalue weighted by molar-refractivity contribution is -0.138. The quantitative estimate of drug-likeness (QED) is 0.437. The molecular formula is C28H34N4O4. The van der Waals surface area contributed by atoms with Crippen molar-refractivity contribution >= 4 is 11.8 Å². The van der Waals surface area contributed by atoms with Crippen LogP contribution in [0.25, 0.3) is 0 Å². The Morgan fingerprint density at radius 2 is 1.83 bits per heavy atom. The summed E-state index contributed by atoms with van der Waals surface area (Å²) >= 11 is 0. The molecular weight excluding hydrogens is 456 g/mol. The zero-order valence-corrected chi connectivity index (χ0v) is 21.0. The molecule has 0 saturated carbocycles. The van der Waals surface area contributed by atoms with E-state index in [-0.39, 0.29) is 24.5 Å². The summed E-state index contributed by atoms with van der Waals surface area (Å²) in [6.45, 7) is 1.85. The molecule has 1 fully saturated rings. The molecule has 8 heteroatoms. The van der Waals surface area contributed by atoms with Crippen LogP contribution in [0.3, 0.4) is 0 Å². The van der Waals surface area contributed by atoms with Crippen LogP contribution in [-0.4, -0.2) is 70.8 Å². The van der Waals surface area contributed by atoms with Crippen molar-refractivity contribution in [2.75, 3.05) is 33.3 Å². The molecule has 4 rings (SSSR count). The van der Waals surface area contributed by atoms with Gasteiger partial charge in [0.15, 0.2) is 0 Å². The smallest absolute Gasteiger partial charge is 0.242 e. The highest BCUT2D eigenvalue weighted by Crippen LogP contribution is 2.17. The number of ether oxygens (including phenoxy) is 2. The van der Waals surface area contributed by atoms with E-state index in [9.17, 15) is 9.59 Å². The molecule has 2 heterocycles. The standard InChI is InChI=1S/C28H34N4O4/c1-30-17-24(16-29-30)11-12-27(33)32-19-26(36-21-23-9-6-10-25(15-23)35-2)18-31(28(34)20-32)14-13-22-7-4-3-5-8-22/h3-10,15-17,26H,11-14,18-21H2,1-2H3/t26-/m1/s1. The zero-order chi connectivity index (χ0) is 25.3. The zero-order valence-electron chi connectivity index (χ0n) is 21.0. The topological polar surface area (TPSA) is 76.9 Å². The van der Waals surface area contributed by atoms with Crippen molar-refractivity contribution < 1.29 is 19.1 Å². The predicted molar refractivity (Wildman–Crippen MR) is 136 cm³/mol. The minimum Gasteiger partial charge on any atom is -0.497 e. The van der Waals surface area contributed by atoms with Gasteiger partial charge in [-0.15, -0.1) is 0 Å². The first-order valence-electron chi connectivity index (χ1n) is 12.3. The third-order valence-electron chi connectivity index (χ3n) is 6.40. The van der Waals surface area contributed by atoms with Gasteiger partial charge in [0, 0.05) is 39.3 Å². The van der Waals surface area contributed by atoms with Gasteiger partial charge in [-0.25, -0.2) is 0 Å². The van der Waals surface area contributed by atoms with Crippen LogP contribution in [0.15, 0.2) is 67.0 Å². The van der Waals surface area contributed by atoms with E-state index in [1.54, 1.807) is 22.9 Å². The fraction of sp³-hybridized carbons (Fsp3) is 0.393. The number of carbonyl (C=O) groups is 2. The highest BCUT2D eigenvalue weighted by Gasteiger charge is 2.30. The van der Waals surface area contributed by atoms with Gasteiger partial charge in [-0.3, -0.25) is 14.3 Å². The Morgan fingerprint density at radius 3 is 2.58 bits per heavy atom. The van der Waals surface area contributed by atoms with Crippen LogP contribution in [0.5, 0.6) is 5.75 Å². The highest BCUT2D eigenvalue weighted by atomic mass is 16.5. The lowest BCUT2D eigenvalue weighted by atomic mass is 10.1. The Kier molecular flexibility index (Phi) is 8.73. The normalized spacial score (nSPS) is 16.2. The largest absolute Gasteiger partial charge is 0.497 e. The molecule has 0 unspecified atom stereocenters. The van der Waals surface area contributed by atoms with E-state index in [4.69, 9.17) is 9.47 Å². The summed E-state index contributed by atoms with van der Waals surface area (Å²) in [6, 6.07) is 17.8. The van der Waals surface area contributed by atoms with Crippen LogP contribution in [0.4, 0.5) is 0 Å². The van der Waals surface area contributed by atoms with Crippen LogP contribution in [0.1, 0.15) is 23.1 Å². The Labute approximate surface area is 212 Å². The number of nitrogens with zero attached hydrogens (tertiary/aromatic N) is 4. The molecule has 0 aliphatic carbocycles. The Bertz CT molecular complexity index is 1150. The second-order valence-corrected chi connectivity index (χ2v) is 9.16. The first kappa shape index (κ1) is 25.4. The summed E-state index contributed by atoms with van der Waals surface area (Å²) in [7, 11) is 3.49. The molecule has 1 aliphatic heterocycles. The van der Waals surface area contributed by atoms with Gasteiger partial charge >= 0.3 is 0 Å². The number of hydrogen-bond donors (Lipinski definition) is 0. The summed E-state index contributed by atoms with van der Waals surface area (Å²) in [5.41, 5.74) is 3.16. The van der Waals surface area contributed by atoms with Crippen molar-refractivity contribution in [3.63, 3.8) is 0 Å². The van der Waals surface area contributed by atoms with Crippen LogP contribution in [0.2, 0.25) is 0 Å². The summed E-state index contributed by atoms with van der Waals surface area (Å²) in [5, 5.41) is 4.17. The lowest BCUT2D eigenvalue weighted by Crippen LogP contribution is -2.40. The van der Waals surface area contributed by atoms with Crippen molar-refractivity contribution in [3.05, 3.63) is 83.7 Å². The van der Waals surface area contributed by atoms with E-state index < -0.39 is 0 Å². The average molecular weight is 491 g/mol. The van der Waals surface area contributed by atoms with Crippen LogP contribution in [0, 0.1) is 0 Å². The van der Waals surface area contributed by atoms with E-state index in [2.05, 4.69) is 17.2 Å². The second-order valence-electron chi connectivity index (χ2n) is 9.16. The number of benzene rings is 2. The molecule has 0 bridgehead atoms. The van der Waals surface area contributed by atoms with Crippen molar-refractivity contribution in [3.8, 4) is 5.75 Å². The number of hydrogen-bond acceptors (Lipinski definition) is 5. The van der Waals surface area contributed by atoms with Crippen LogP contribution >= 0.6 is 0 Å². The van der Waals surface area contributed by atoms with E-state index in [0.717, 1.165) is 23.3 Å². The second kappa shape index (κ2) is 12.4. The SMILES string of the molecule is COc1cccc(CO[C@@H]2CN(CCc3ccccc3)C(=O)CN(C(=O)CCc3cnn(C)c3)C2)c1. The van der Waals surface area contributed by atoms with E-state index in [1.165, 1.54) is 5.56 Å². The van der Waals surface area contributed by atoms with Gasteiger partial charge in [-0.2, -0.15) is 5.10 Å². The van der Waals surface area contributed by atoms with Gasteiger partial charge < -0.3 is 19.3 Å². The highest BCUT2D eigenvalue weighted by molar-refractivity contribution is 5.85. The van der Waals surface area contributed by atoms with Gasteiger partial charge in [-0.05, 0) is 41.7 Å². The molecule has 2 amide bonds. The molecule has 3 aromatic rings. The van der Waals surface area contributed by atoms with Crippen molar-refractivity contribution in [2.24, 2.45) is 7.05 Å². The lowest BCUT2D eigenvalue weighted by Gasteiger charge is -2.25. The monoisotopic (exact) mass is 490 g/mol. The van der Waals surface area contributed by atoms with Crippen molar-refractivity contribution in [1.29, 1.82) is 0 Å². The summed E-state index contributed by atoms with van der Waals surface area (Å²) in [4.78, 5) is 29.8. The summed E-state index contributed by atoms with van der Waals surface area (Å²) < 4.78 is 13.3. The van der Waals surface area contributed by atoms with Crippen molar-refractivity contribution in [1.82, 2.24) is 19.6 Å². The van der Waals surface area contributed by atoms with E-state index in [1.807, 2.05) is 60.6 Å². The molecule has 1 aromatic heterocycles. The first-order valence-corrected chi connectivity index (χ1v) is 12.3. The number of rotatable bonds is 10. The van der Waals surface area contributed by atoms with Gasteiger partial charge in [0.25, 0.3) is 0 Å². The third kappa shape index (κ3) is 7.18. The molecule has 1 saturated heterocycles. The molecule has 36 heavy (non-hydrogen) atoms. The minimum atomic E-state index is -0.291.